The average Bonchev–Trinajstić information content (AvgIpc) is 1.54. The number of halogens is 9. The number of rotatable bonds is 18. The molecular weight excluding hydrogens is 1220 g/mol. The number of esters is 1. The molecule has 0 unspecified atom stereocenters. The monoisotopic (exact) mass is 1280 g/mol. The Labute approximate surface area is 510 Å². The molecule has 6 heterocycles. The van der Waals surface area contributed by atoms with E-state index >= 15 is 0 Å². The summed E-state index contributed by atoms with van der Waals surface area (Å²) in [7, 11) is -3.29. The van der Waals surface area contributed by atoms with Crippen molar-refractivity contribution in [1.82, 2.24) is 39.7 Å². The van der Waals surface area contributed by atoms with Crippen molar-refractivity contribution in [3.63, 3.8) is 0 Å². The lowest BCUT2D eigenvalue weighted by molar-refractivity contribution is -0.156. The van der Waals surface area contributed by atoms with Crippen molar-refractivity contribution in [3.8, 4) is 57.4 Å². The van der Waals surface area contributed by atoms with E-state index in [9.17, 15) is 62.6 Å². The molecule has 8 aromatic rings. The number of nitrogens with one attached hydrogen (secondary N) is 1. The zero-order valence-electron chi connectivity index (χ0n) is 48.8. The number of aryl methyl sites for hydroxylation is 2. The van der Waals surface area contributed by atoms with Gasteiger partial charge in [0.2, 0.25) is 11.8 Å². The van der Waals surface area contributed by atoms with Crippen LogP contribution in [0.15, 0.2) is 122 Å². The SMILES string of the molecule is CCOC(=O)c1cnn(-c2cccc(-c3cccc(C)c3OCc3ccc4c(c3)CCNC4)n2)c1OC.COc1c(C(=O)O)cnn1-c1cccc(-c2cccc(C)c2OCc2ccc3c(c2)CCN(CC(F)(F)F)C3)n1.O=S(=O)(OCC(F)(F)F)C(F)(F)F. The third-order valence-electron chi connectivity index (χ3n) is 13.8. The fraction of sp³-hybridized carbons (Fsp3) is 0.311. The maximum absolute atomic E-state index is 12.8. The van der Waals surface area contributed by atoms with E-state index in [-0.39, 0.29) is 42.6 Å². The highest BCUT2D eigenvalue weighted by Crippen LogP contribution is 2.37. The quantitative estimate of drug-likeness (QED) is 0.0353. The number of methoxy groups -OCH3 is 2. The summed E-state index contributed by atoms with van der Waals surface area (Å²) in [6.07, 6.45) is -5.12. The average molecular weight is 1280 g/mol. The number of carboxylic acids is 1. The highest BCUT2D eigenvalue weighted by atomic mass is 32.2. The van der Waals surface area contributed by atoms with Crippen molar-refractivity contribution in [2.45, 2.75) is 77.8 Å². The predicted molar refractivity (Wildman–Crippen MR) is 308 cm³/mol. The van der Waals surface area contributed by atoms with Crippen molar-refractivity contribution in [2.24, 2.45) is 0 Å². The lowest BCUT2D eigenvalue weighted by atomic mass is 9.97. The molecule has 478 valence electrons. The van der Waals surface area contributed by atoms with Crippen LogP contribution in [0.4, 0.5) is 39.5 Å². The van der Waals surface area contributed by atoms with Gasteiger partial charge in [-0.05, 0) is 121 Å². The second-order valence-corrected chi connectivity index (χ2v) is 21.8. The summed E-state index contributed by atoms with van der Waals surface area (Å²) in [6.45, 7) is 5.87. The van der Waals surface area contributed by atoms with Crippen molar-refractivity contribution < 1.29 is 90.5 Å². The van der Waals surface area contributed by atoms with Gasteiger partial charge in [-0.1, -0.05) is 72.8 Å². The van der Waals surface area contributed by atoms with Crippen LogP contribution in [0.1, 0.15) is 72.1 Å². The summed E-state index contributed by atoms with van der Waals surface area (Å²) in [5, 5.41) is 21.3. The number of carboxylic acid groups (broad SMARTS) is 1. The summed E-state index contributed by atoms with van der Waals surface area (Å²) < 4.78 is 160. The third kappa shape index (κ3) is 16.8. The first-order chi connectivity index (χ1) is 42.7. The van der Waals surface area contributed by atoms with Gasteiger partial charge in [0.25, 0.3) is 0 Å². The van der Waals surface area contributed by atoms with Gasteiger partial charge >= 0.3 is 39.9 Å². The molecular formula is C61H59F9N8O11S. The standard InChI is InChI=1S/C29H27F3N4O4.C29H30N4O4.C3H2F6O3S/c1-18-5-3-6-22(24-7-4-8-25(34-24)36-27(39-2)23(14-33-36)28(37)38)26(18)40-16-19-9-10-21-15-35(17-29(30,31)32)12-11-20(21)13-19;1-4-36-29(34)24-17-31-33(28(24)35-3)26-10-6-9-25(32-26)23-8-5-7-19(2)27(23)37-18-20-11-12-22-16-30-14-13-21(22)15-20;4-2(5,6)1-12-13(10,11)3(7,8)9/h3-10,13-14H,11-12,15-17H2,1-2H3,(H,37,38);5-12,15,17,30H,4,13-14,16,18H2,1-3H3;1H2. The third-order valence-corrected chi connectivity index (χ3v) is 14.8. The molecule has 0 saturated heterocycles. The lowest BCUT2D eigenvalue weighted by Crippen LogP contribution is -2.38. The summed E-state index contributed by atoms with van der Waals surface area (Å²) >= 11 is 0. The fourth-order valence-electron chi connectivity index (χ4n) is 9.65. The van der Waals surface area contributed by atoms with Gasteiger partial charge in [-0.15, -0.1) is 0 Å². The molecule has 0 amide bonds. The van der Waals surface area contributed by atoms with E-state index < -0.39 is 53.1 Å². The lowest BCUT2D eigenvalue weighted by Gasteiger charge is -2.29. The Kier molecular flexibility index (Phi) is 21.3. The molecule has 0 saturated carbocycles. The van der Waals surface area contributed by atoms with Crippen LogP contribution in [0.3, 0.4) is 0 Å². The van der Waals surface area contributed by atoms with Crippen LogP contribution in [-0.2, 0) is 58.2 Å². The second-order valence-electron chi connectivity index (χ2n) is 20.2. The molecule has 0 fully saturated rings. The van der Waals surface area contributed by atoms with Crippen molar-refractivity contribution in [3.05, 3.63) is 177 Å². The number of alkyl halides is 9. The summed E-state index contributed by atoms with van der Waals surface area (Å²) in [4.78, 5) is 34.8. The first-order valence-electron chi connectivity index (χ1n) is 27.5. The molecule has 2 aliphatic rings. The maximum atomic E-state index is 12.8. The summed E-state index contributed by atoms with van der Waals surface area (Å²) in [6, 6.07) is 35.0. The molecule has 0 atom stereocenters. The zero-order chi connectivity index (χ0) is 65.1. The molecule has 4 aromatic heterocycles. The van der Waals surface area contributed by atoms with E-state index in [1.54, 1.807) is 19.1 Å². The van der Waals surface area contributed by atoms with Crippen molar-refractivity contribution in [2.75, 3.05) is 47.1 Å². The van der Waals surface area contributed by atoms with Gasteiger partial charge in [0.1, 0.15) is 35.8 Å². The number of pyridine rings is 2. The minimum absolute atomic E-state index is 0.0619. The number of nitrogens with zero attached hydrogens (tertiary/aromatic N) is 7. The molecule has 2 aliphatic heterocycles. The number of aromatic carboxylic acids is 1. The normalized spacial score (nSPS) is 13.4. The Morgan fingerprint density at radius 3 is 1.66 bits per heavy atom. The zero-order valence-corrected chi connectivity index (χ0v) is 49.6. The highest BCUT2D eigenvalue weighted by Gasteiger charge is 2.49. The van der Waals surface area contributed by atoms with Gasteiger partial charge in [0, 0.05) is 30.8 Å². The molecule has 0 aliphatic carbocycles. The largest absolute Gasteiger partial charge is 0.523 e. The number of para-hydroxylation sites is 2. The molecule has 10 rings (SSSR count). The maximum Gasteiger partial charge on any atom is 0.523 e. The molecule has 4 aromatic carbocycles. The van der Waals surface area contributed by atoms with Gasteiger partial charge in [0.15, 0.2) is 18.2 Å². The molecule has 29 heteroatoms. The Bertz CT molecular complexity index is 3970. The smallest absolute Gasteiger partial charge is 0.488 e. The van der Waals surface area contributed by atoms with Crippen LogP contribution in [0.2, 0.25) is 0 Å². The number of carbonyl (C=O) groups excluding carboxylic acids is 1. The van der Waals surface area contributed by atoms with E-state index in [4.69, 9.17) is 33.7 Å². The Morgan fingerprint density at radius 2 is 1.16 bits per heavy atom. The van der Waals surface area contributed by atoms with Gasteiger partial charge in [0.05, 0.1) is 51.2 Å². The van der Waals surface area contributed by atoms with E-state index in [1.165, 1.54) is 52.0 Å². The van der Waals surface area contributed by atoms with Crippen LogP contribution in [-0.4, -0.2) is 125 Å². The Hall–Kier alpha value is -9.06. The number of ether oxygens (including phenoxy) is 5. The minimum Gasteiger partial charge on any atom is -0.488 e. The van der Waals surface area contributed by atoms with Crippen molar-refractivity contribution in [1.29, 1.82) is 0 Å². The summed E-state index contributed by atoms with van der Waals surface area (Å²) in [5.74, 6) is 0.998. The molecule has 0 radical (unpaired) electrons. The predicted octanol–water partition coefficient (Wildman–Crippen LogP) is 11.5. The summed E-state index contributed by atoms with van der Waals surface area (Å²) in [5.41, 5.74) is 5.93. The van der Waals surface area contributed by atoms with Gasteiger partial charge in [-0.25, -0.2) is 19.6 Å². The van der Waals surface area contributed by atoms with Crippen LogP contribution >= 0.6 is 0 Å². The van der Waals surface area contributed by atoms with E-state index in [0.29, 0.717) is 42.7 Å². The number of carbonyl (C=O) groups is 2. The first kappa shape index (κ1) is 66.9. The number of benzene rings is 4. The number of hydrogen-bond acceptors (Lipinski definition) is 16. The molecule has 90 heavy (non-hydrogen) atoms. The van der Waals surface area contributed by atoms with Crippen LogP contribution in [0.25, 0.3) is 34.2 Å². The van der Waals surface area contributed by atoms with Crippen molar-refractivity contribution >= 4 is 22.1 Å². The molecule has 0 spiro atoms. The second kappa shape index (κ2) is 28.6. The molecule has 2 N–H and O–H groups in total. The first-order valence-corrected chi connectivity index (χ1v) is 28.9. The Balaban J connectivity index is 0.000000195. The van der Waals surface area contributed by atoms with E-state index in [0.717, 1.165) is 75.5 Å². The number of aromatic nitrogens is 6. The van der Waals surface area contributed by atoms with Crippen LogP contribution in [0.5, 0.6) is 23.3 Å². The van der Waals surface area contributed by atoms with Gasteiger partial charge in [-0.3, -0.25) is 9.08 Å². The fourth-order valence-corrected chi connectivity index (χ4v) is 10.1. The topological polar surface area (TPSA) is 221 Å². The van der Waals surface area contributed by atoms with E-state index in [1.807, 2.05) is 92.7 Å². The highest BCUT2D eigenvalue weighted by molar-refractivity contribution is 7.87. The molecule has 19 nitrogen and oxygen atoms in total. The van der Waals surface area contributed by atoms with Crippen LogP contribution in [0, 0.1) is 13.8 Å². The van der Waals surface area contributed by atoms with Gasteiger partial charge < -0.3 is 34.1 Å². The number of hydrogen-bond donors (Lipinski definition) is 2. The van der Waals surface area contributed by atoms with Gasteiger partial charge in [-0.2, -0.15) is 67.5 Å². The van der Waals surface area contributed by atoms with Crippen LogP contribution < -0.4 is 24.3 Å². The van der Waals surface area contributed by atoms with E-state index in [2.05, 4.69) is 37.9 Å². The number of fused-ring (bicyclic) bond motifs is 2. The Morgan fingerprint density at radius 1 is 0.644 bits per heavy atom. The molecule has 0 bridgehead atoms. The minimum atomic E-state index is -6.15.